The van der Waals surface area contributed by atoms with Crippen LogP contribution >= 0.6 is 0 Å². The van der Waals surface area contributed by atoms with Gasteiger partial charge in [0, 0.05) is 49.9 Å². The van der Waals surface area contributed by atoms with Gasteiger partial charge in [0.05, 0.1) is 19.3 Å². The lowest BCUT2D eigenvalue weighted by molar-refractivity contribution is 0.148. The van der Waals surface area contributed by atoms with Crippen molar-refractivity contribution in [2.45, 2.75) is 20.0 Å². The molecule has 2 aromatic carbocycles. The Hall–Kier alpha value is -3.22. The average Bonchev–Trinajstić information content (AvgIpc) is 3.15. The number of piperazine rings is 1. The molecule has 0 atom stereocenters. The Morgan fingerprint density at radius 3 is 2.42 bits per heavy atom. The van der Waals surface area contributed by atoms with Crippen LogP contribution < -0.4 is 4.74 Å². The summed E-state index contributed by atoms with van der Waals surface area (Å²) in [6.45, 7) is 8.27. The SMILES string of the molecule is COc1ccc(Cn2nc(C)c3cc(-c4cccc(CN5CCN(C)CC5)c4)cnc32)cc1. The molecule has 1 saturated heterocycles. The van der Waals surface area contributed by atoms with Crippen LogP contribution in [0.3, 0.4) is 0 Å². The molecule has 170 valence electrons. The number of methoxy groups -OCH3 is 1. The van der Waals surface area contributed by atoms with Crippen LogP contribution in [0, 0.1) is 6.92 Å². The normalized spacial score (nSPS) is 15.2. The van der Waals surface area contributed by atoms with Crippen molar-refractivity contribution in [2.75, 3.05) is 40.3 Å². The van der Waals surface area contributed by atoms with Crippen LogP contribution in [0.1, 0.15) is 16.8 Å². The number of aryl methyl sites for hydroxylation is 1. The molecule has 0 saturated carbocycles. The van der Waals surface area contributed by atoms with E-state index in [4.69, 9.17) is 14.8 Å². The largest absolute Gasteiger partial charge is 0.497 e. The van der Waals surface area contributed by atoms with Gasteiger partial charge in [-0.2, -0.15) is 5.10 Å². The van der Waals surface area contributed by atoms with Crippen LogP contribution in [0.5, 0.6) is 5.75 Å². The summed E-state index contributed by atoms with van der Waals surface area (Å²) in [5.41, 5.74) is 6.78. The minimum absolute atomic E-state index is 0.682. The summed E-state index contributed by atoms with van der Waals surface area (Å²) in [5, 5.41) is 5.88. The van der Waals surface area contributed by atoms with Gasteiger partial charge < -0.3 is 9.64 Å². The van der Waals surface area contributed by atoms with Crippen molar-refractivity contribution >= 4 is 11.0 Å². The topological polar surface area (TPSA) is 46.4 Å². The highest BCUT2D eigenvalue weighted by Crippen LogP contribution is 2.26. The molecule has 0 spiro atoms. The molecule has 33 heavy (non-hydrogen) atoms. The van der Waals surface area contributed by atoms with Crippen LogP contribution in [0.25, 0.3) is 22.2 Å². The Kier molecular flexibility index (Phi) is 6.11. The Bertz CT molecular complexity index is 1240. The van der Waals surface area contributed by atoms with Crippen molar-refractivity contribution in [1.29, 1.82) is 0 Å². The predicted octanol–water partition coefficient (Wildman–Crippen LogP) is 4.21. The van der Waals surface area contributed by atoms with Gasteiger partial charge in [-0.25, -0.2) is 9.67 Å². The van der Waals surface area contributed by atoms with Crippen molar-refractivity contribution in [2.24, 2.45) is 0 Å². The van der Waals surface area contributed by atoms with Gasteiger partial charge in [-0.05, 0) is 54.9 Å². The highest BCUT2D eigenvalue weighted by molar-refractivity contribution is 5.83. The molecule has 6 heteroatoms. The molecule has 2 aromatic heterocycles. The quantitative estimate of drug-likeness (QED) is 0.449. The minimum atomic E-state index is 0.682. The predicted molar refractivity (Wildman–Crippen MR) is 133 cm³/mol. The van der Waals surface area contributed by atoms with Crippen molar-refractivity contribution in [3.8, 4) is 16.9 Å². The van der Waals surface area contributed by atoms with Crippen LogP contribution in [0.15, 0.2) is 60.8 Å². The lowest BCUT2D eigenvalue weighted by Crippen LogP contribution is -2.43. The zero-order valence-electron chi connectivity index (χ0n) is 19.7. The number of pyridine rings is 1. The van der Waals surface area contributed by atoms with Gasteiger partial charge in [0.15, 0.2) is 5.65 Å². The molecule has 0 amide bonds. The number of likely N-dealkylation sites (N-methyl/N-ethyl adjacent to an activating group) is 1. The van der Waals surface area contributed by atoms with E-state index in [2.05, 4.69) is 66.2 Å². The monoisotopic (exact) mass is 441 g/mol. The van der Waals surface area contributed by atoms with Crippen LogP contribution in [-0.2, 0) is 13.1 Å². The lowest BCUT2D eigenvalue weighted by atomic mass is 10.0. The third kappa shape index (κ3) is 4.77. The molecule has 1 aliphatic heterocycles. The first-order valence-corrected chi connectivity index (χ1v) is 11.6. The Morgan fingerprint density at radius 2 is 1.67 bits per heavy atom. The molecular weight excluding hydrogens is 410 g/mol. The number of nitrogens with zero attached hydrogens (tertiary/aromatic N) is 5. The fraction of sp³-hybridized carbons (Fsp3) is 0.333. The Morgan fingerprint density at radius 1 is 0.879 bits per heavy atom. The van der Waals surface area contributed by atoms with E-state index < -0.39 is 0 Å². The molecule has 0 bridgehead atoms. The van der Waals surface area contributed by atoms with E-state index in [0.717, 1.165) is 60.8 Å². The van der Waals surface area contributed by atoms with E-state index in [-0.39, 0.29) is 0 Å². The van der Waals surface area contributed by atoms with Gasteiger partial charge in [0.25, 0.3) is 0 Å². The highest BCUT2D eigenvalue weighted by atomic mass is 16.5. The molecule has 3 heterocycles. The van der Waals surface area contributed by atoms with Gasteiger partial charge in [-0.3, -0.25) is 4.90 Å². The second-order valence-electron chi connectivity index (χ2n) is 8.97. The lowest BCUT2D eigenvalue weighted by Gasteiger charge is -2.32. The first kappa shape index (κ1) is 21.6. The molecule has 0 N–H and O–H groups in total. The fourth-order valence-corrected chi connectivity index (χ4v) is 4.50. The number of rotatable bonds is 6. The summed E-state index contributed by atoms with van der Waals surface area (Å²) in [4.78, 5) is 9.75. The molecule has 1 aliphatic rings. The van der Waals surface area contributed by atoms with E-state index in [0.29, 0.717) is 6.54 Å². The maximum atomic E-state index is 5.26. The molecule has 0 unspecified atom stereocenters. The summed E-state index contributed by atoms with van der Waals surface area (Å²) in [6.07, 6.45) is 1.98. The Labute approximate surface area is 195 Å². The maximum Gasteiger partial charge on any atom is 0.158 e. The van der Waals surface area contributed by atoms with E-state index in [9.17, 15) is 0 Å². The molecule has 1 fully saturated rings. The average molecular weight is 442 g/mol. The van der Waals surface area contributed by atoms with Crippen molar-refractivity contribution in [1.82, 2.24) is 24.6 Å². The first-order valence-electron chi connectivity index (χ1n) is 11.6. The summed E-state index contributed by atoms with van der Waals surface area (Å²) in [6, 6.07) is 19.2. The summed E-state index contributed by atoms with van der Waals surface area (Å²) < 4.78 is 7.25. The van der Waals surface area contributed by atoms with E-state index >= 15 is 0 Å². The van der Waals surface area contributed by atoms with Crippen molar-refractivity contribution < 1.29 is 4.74 Å². The third-order valence-corrected chi connectivity index (χ3v) is 6.53. The number of benzene rings is 2. The van der Waals surface area contributed by atoms with Gasteiger partial charge in [0.1, 0.15) is 5.75 Å². The number of hydrogen-bond donors (Lipinski definition) is 0. The Balaban J connectivity index is 1.38. The van der Waals surface area contributed by atoms with Gasteiger partial charge in [-0.1, -0.05) is 30.3 Å². The number of aromatic nitrogens is 3. The first-order chi connectivity index (χ1) is 16.1. The number of hydrogen-bond acceptors (Lipinski definition) is 5. The summed E-state index contributed by atoms with van der Waals surface area (Å²) in [7, 11) is 3.88. The van der Waals surface area contributed by atoms with Crippen LogP contribution in [-0.4, -0.2) is 64.9 Å². The second kappa shape index (κ2) is 9.33. The van der Waals surface area contributed by atoms with Crippen LogP contribution in [0.4, 0.5) is 0 Å². The number of fused-ring (bicyclic) bond motifs is 1. The summed E-state index contributed by atoms with van der Waals surface area (Å²) >= 11 is 0. The molecule has 0 radical (unpaired) electrons. The smallest absolute Gasteiger partial charge is 0.158 e. The maximum absolute atomic E-state index is 5.26. The van der Waals surface area contributed by atoms with Gasteiger partial charge in [0.2, 0.25) is 0 Å². The zero-order valence-corrected chi connectivity index (χ0v) is 19.7. The number of ether oxygens (including phenoxy) is 1. The third-order valence-electron chi connectivity index (χ3n) is 6.53. The standard InChI is InChI=1S/C27H31N5O/c1-20-26-16-24(23-6-4-5-22(15-23)18-31-13-11-30(2)12-14-31)17-28-27(26)32(29-20)19-21-7-9-25(33-3)10-8-21/h4-10,15-17H,11-14,18-19H2,1-3H3. The van der Waals surface area contributed by atoms with Gasteiger partial charge in [-0.15, -0.1) is 0 Å². The molecule has 4 aromatic rings. The molecule has 6 nitrogen and oxygen atoms in total. The minimum Gasteiger partial charge on any atom is -0.497 e. The second-order valence-corrected chi connectivity index (χ2v) is 8.97. The summed E-state index contributed by atoms with van der Waals surface area (Å²) in [5.74, 6) is 0.859. The van der Waals surface area contributed by atoms with Gasteiger partial charge >= 0.3 is 0 Å². The zero-order chi connectivity index (χ0) is 22.8. The fourth-order valence-electron chi connectivity index (χ4n) is 4.50. The van der Waals surface area contributed by atoms with Crippen molar-refractivity contribution in [3.05, 3.63) is 77.6 Å². The van der Waals surface area contributed by atoms with E-state index in [1.165, 1.54) is 16.7 Å². The highest BCUT2D eigenvalue weighted by Gasteiger charge is 2.15. The molecular formula is C27H31N5O. The van der Waals surface area contributed by atoms with E-state index in [1.54, 1.807) is 7.11 Å². The van der Waals surface area contributed by atoms with Crippen LogP contribution in [0.2, 0.25) is 0 Å². The molecule has 5 rings (SSSR count). The van der Waals surface area contributed by atoms with Crippen molar-refractivity contribution in [3.63, 3.8) is 0 Å². The molecule has 0 aliphatic carbocycles. The van der Waals surface area contributed by atoms with E-state index in [1.807, 2.05) is 23.0 Å².